The fraction of sp³-hybridized carbons (Fsp3) is 0.941. The van der Waals surface area contributed by atoms with Crippen LogP contribution in [0.3, 0.4) is 0 Å². The average Bonchev–Trinajstić information content (AvgIpc) is 2.81. The summed E-state index contributed by atoms with van der Waals surface area (Å²) in [4.78, 5) is 11.0. The molecule has 3 N–H and O–H groups in total. The van der Waals surface area contributed by atoms with Crippen LogP contribution in [0, 0.1) is 11.8 Å². The van der Waals surface area contributed by atoms with E-state index in [9.17, 15) is 20.1 Å². The van der Waals surface area contributed by atoms with Gasteiger partial charge in [0.05, 0.1) is 18.3 Å². The summed E-state index contributed by atoms with van der Waals surface area (Å²) in [5.41, 5.74) is 0. The molecule has 2 unspecified atom stereocenters. The van der Waals surface area contributed by atoms with Crippen LogP contribution in [0.15, 0.2) is 0 Å². The molecule has 5 nitrogen and oxygen atoms in total. The number of unbranched alkanes of at least 4 members (excludes halogenated alkanes) is 3. The molecule has 0 aliphatic heterocycles. The highest BCUT2D eigenvalue weighted by molar-refractivity contribution is 14.1. The molecule has 1 aliphatic carbocycles. The van der Waals surface area contributed by atoms with Gasteiger partial charge >= 0.3 is 5.97 Å². The van der Waals surface area contributed by atoms with Crippen molar-refractivity contribution >= 4 is 29.0 Å². The Kier molecular flexibility index (Phi) is 10.7. The Labute approximate surface area is 153 Å². The van der Waals surface area contributed by atoms with Crippen LogP contribution in [-0.2, 0) is 7.86 Å². The van der Waals surface area contributed by atoms with Gasteiger partial charge in [-0.2, -0.15) is 0 Å². The molecule has 0 spiro atoms. The predicted octanol–water partition coefficient (Wildman–Crippen LogP) is 3.13. The van der Waals surface area contributed by atoms with Gasteiger partial charge in [0.2, 0.25) is 0 Å². The van der Waals surface area contributed by atoms with Crippen LogP contribution in [0.25, 0.3) is 0 Å². The van der Waals surface area contributed by atoms with Crippen molar-refractivity contribution < 1.29 is 23.2 Å². The first-order chi connectivity index (χ1) is 11.0. The van der Waals surface area contributed by atoms with E-state index in [1.165, 1.54) is 0 Å². The standard InChI is InChI=1S/C17H31IO5/c1-2-12(19)9-10-14-13(15(20)11-16(14)21)7-5-3-4-6-8-17(22)23-18/h12-16,19-21H,2-11H2,1H3/t12?,13-,14?,15+,16-/m1/s1. The Morgan fingerprint density at radius 3 is 2.35 bits per heavy atom. The molecule has 1 rings (SSSR count). The molecule has 0 heterocycles. The average molecular weight is 442 g/mol. The molecule has 23 heavy (non-hydrogen) atoms. The van der Waals surface area contributed by atoms with Gasteiger partial charge in [0.15, 0.2) is 23.0 Å². The Morgan fingerprint density at radius 2 is 1.74 bits per heavy atom. The Balaban J connectivity index is 2.27. The highest BCUT2D eigenvalue weighted by Gasteiger charge is 2.40. The van der Waals surface area contributed by atoms with E-state index >= 15 is 0 Å². The largest absolute Gasteiger partial charge is 0.394 e. The molecule has 0 saturated heterocycles. The zero-order valence-electron chi connectivity index (χ0n) is 14.0. The maximum absolute atomic E-state index is 11.0. The first-order valence-electron chi connectivity index (χ1n) is 8.85. The third-order valence-corrected chi connectivity index (χ3v) is 5.57. The first-order valence-corrected chi connectivity index (χ1v) is 9.73. The molecule has 0 bridgehead atoms. The fourth-order valence-corrected chi connectivity index (χ4v) is 3.83. The maximum atomic E-state index is 11.0. The van der Waals surface area contributed by atoms with Crippen molar-refractivity contribution in [2.24, 2.45) is 11.8 Å². The number of halogens is 1. The Hall–Kier alpha value is 0.0800. The Bertz CT molecular complexity index is 339. The number of rotatable bonds is 11. The van der Waals surface area contributed by atoms with E-state index in [4.69, 9.17) is 0 Å². The van der Waals surface area contributed by atoms with Gasteiger partial charge in [0, 0.05) is 6.42 Å². The summed E-state index contributed by atoms with van der Waals surface area (Å²) in [6.45, 7) is 1.95. The Morgan fingerprint density at radius 1 is 1.13 bits per heavy atom. The summed E-state index contributed by atoms with van der Waals surface area (Å²) in [5, 5.41) is 30.0. The molecule has 6 heteroatoms. The number of aliphatic hydroxyl groups is 3. The van der Waals surface area contributed by atoms with E-state index in [0.29, 0.717) is 19.3 Å². The molecule has 1 fully saturated rings. The van der Waals surface area contributed by atoms with Crippen LogP contribution in [0.2, 0.25) is 0 Å². The van der Waals surface area contributed by atoms with Crippen LogP contribution in [0.4, 0.5) is 0 Å². The zero-order chi connectivity index (χ0) is 17.2. The quantitative estimate of drug-likeness (QED) is 0.338. The van der Waals surface area contributed by atoms with Crippen molar-refractivity contribution in [3.8, 4) is 0 Å². The van der Waals surface area contributed by atoms with E-state index in [2.05, 4.69) is 3.07 Å². The smallest absolute Gasteiger partial charge is 0.315 e. The summed E-state index contributed by atoms with van der Waals surface area (Å²) in [6, 6.07) is 0. The second kappa shape index (κ2) is 11.6. The van der Waals surface area contributed by atoms with Gasteiger partial charge < -0.3 is 18.4 Å². The summed E-state index contributed by atoms with van der Waals surface area (Å²) in [6.07, 6.45) is 6.69. The van der Waals surface area contributed by atoms with Gasteiger partial charge in [-0.15, -0.1) is 0 Å². The molecule has 1 aliphatic rings. The van der Waals surface area contributed by atoms with Crippen LogP contribution >= 0.6 is 23.0 Å². The molecule has 0 aromatic rings. The predicted molar refractivity (Wildman–Crippen MR) is 97.0 cm³/mol. The van der Waals surface area contributed by atoms with Gasteiger partial charge in [-0.3, -0.25) is 4.79 Å². The molecule has 0 amide bonds. The SMILES string of the molecule is CCC(O)CCC1[C@H](O)C[C@H](O)[C@@H]1CCCCCCC(=O)OI. The molecule has 0 aromatic heterocycles. The molecule has 0 radical (unpaired) electrons. The minimum absolute atomic E-state index is 0.0974. The molecule has 5 atom stereocenters. The van der Waals surface area contributed by atoms with Gasteiger partial charge in [0.25, 0.3) is 0 Å². The highest BCUT2D eigenvalue weighted by Crippen LogP contribution is 2.39. The van der Waals surface area contributed by atoms with Crippen molar-refractivity contribution in [2.45, 2.75) is 89.4 Å². The van der Waals surface area contributed by atoms with Crippen molar-refractivity contribution in [1.82, 2.24) is 0 Å². The van der Waals surface area contributed by atoms with Crippen molar-refractivity contribution in [3.63, 3.8) is 0 Å². The van der Waals surface area contributed by atoms with Crippen LogP contribution in [-0.4, -0.2) is 39.6 Å². The minimum atomic E-state index is -0.447. The molecular weight excluding hydrogens is 411 g/mol. The van der Waals surface area contributed by atoms with E-state index < -0.39 is 12.2 Å². The number of hydrogen-bond donors (Lipinski definition) is 3. The van der Waals surface area contributed by atoms with Crippen LogP contribution < -0.4 is 0 Å². The third-order valence-electron chi connectivity index (χ3n) is 5.08. The summed E-state index contributed by atoms with van der Waals surface area (Å²) >= 11 is 1.61. The number of hydrogen-bond acceptors (Lipinski definition) is 5. The lowest BCUT2D eigenvalue weighted by Gasteiger charge is -2.24. The summed E-state index contributed by atoms with van der Waals surface area (Å²) in [7, 11) is 0. The van der Waals surface area contributed by atoms with E-state index in [1.54, 1.807) is 23.0 Å². The summed E-state index contributed by atoms with van der Waals surface area (Å²) < 4.78 is 4.58. The van der Waals surface area contributed by atoms with Crippen LogP contribution in [0.1, 0.15) is 71.1 Å². The van der Waals surface area contributed by atoms with E-state index in [1.807, 2.05) is 6.92 Å². The lowest BCUT2D eigenvalue weighted by atomic mass is 9.84. The number of carbonyl (C=O) groups excluding carboxylic acids is 1. The molecular formula is C17H31IO5. The van der Waals surface area contributed by atoms with E-state index in [0.717, 1.165) is 44.9 Å². The minimum Gasteiger partial charge on any atom is -0.394 e. The van der Waals surface area contributed by atoms with Crippen molar-refractivity contribution in [2.75, 3.05) is 0 Å². The number of aliphatic hydroxyl groups excluding tert-OH is 3. The third kappa shape index (κ3) is 7.67. The van der Waals surface area contributed by atoms with Gasteiger partial charge in [-0.1, -0.05) is 26.2 Å². The topological polar surface area (TPSA) is 87.0 Å². The fourth-order valence-electron chi connectivity index (χ4n) is 3.61. The van der Waals surface area contributed by atoms with Crippen LogP contribution in [0.5, 0.6) is 0 Å². The van der Waals surface area contributed by atoms with Gasteiger partial charge in [0.1, 0.15) is 0 Å². The number of carbonyl (C=O) groups is 1. The molecule has 1 saturated carbocycles. The second-order valence-corrected chi connectivity index (χ2v) is 7.18. The first kappa shape index (κ1) is 21.1. The molecule has 136 valence electrons. The normalized spacial score (nSPS) is 28.7. The maximum Gasteiger partial charge on any atom is 0.315 e. The second-order valence-electron chi connectivity index (χ2n) is 6.74. The van der Waals surface area contributed by atoms with Crippen molar-refractivity contribution in [3.05, 3.63) is 0 Å². The highest BCUT2D eigenvalue weighted by atomic mass is 127. The van der Waals surface area contributed by atoms with E-state index in [-0.39, 0.29) is 23.9 Å². The van der Waals surface area contributed by atoms with Crippen molar-refractivity contribution in [1.29, 1.82) is 0 Å². The summed E-state index contributed by atoms with van der Waals surface area (Å²) in [5.74, 6) is 0.0584. The van der Waals surface area contributed by atoms with Gasteiger partial charge in [-0.05, 0) is 50.4 Å². The van der Waals surface area contributed by atoms with Gasteiger partial charge in [-0.25, -0.2) is 0 Å². The zero-order valence-corrected chi connectivity index (χ0v) is 16.2. The monoisotopic (exact) mass is 442 g/mol. The lowest BCUT2D eigenvalue weighted by Crippen LogP contribution is -2.23. The lowest BCUT2D eigenvalue weighted by molar-refractivity contribution is -0.131. The molecule has 0 aromatic carbocycles.